The fourth-order valence-electron chi connectivity index (χ4n) is 6.77. The summed E-state index contributed by atoms with van der Waals surface area (Å²) in [4.78, 5) is 31.4. The van der Waals surface area contributed by atoms with Crippen molar-refractivity contribution in [1.82, 2.24) is 19.6 Å². The maximum Gasteiger partial charge on any atom is 0.410 e. The van der Waals surface area contributed by atoms with E-state index in [9.17, 15) is 14.0 Å². The SMILES string of the molecule is CC(C)(C)OC(=O)N1CCN(C(=O)c2cnn(-c3ccccc3OCCCCCCc3ccccc3)c2-c2ccc(F)cc2)C(Cc2ccccc2)C1. The van der Waals surface area contributed by atoms with E-state index < -0.39 is 11.7 Å². The number of hydrogen-bond acceptors (Lipinski definition) is 5. The number of aryl methyl sites for hydroxylation is 1. The van der Waals surface area contributed by atoms with E-state index in [-0.39, 0.29) is 17.8 Å². The molecule has 2 heterocycles. The Labute approximate surface area is 312 Å². The van der Waals surface area contributed by atoms with E-state index in [4.69, 9.17) is 14.6 Å². The number of aromatic nitrogens is 2. The topological polar surface area (TPSA) is 76.9 Å². The molecule has 1 aliphatic rings. The molecule has 6 rings (SSSR count). The third-order valence-electron chi connectivity index (χ3n) is 9.38. The van der Waals surface area contributed by atoms with E-state index in [1.807, 2.05) is 86.3 Å². The smallest absolute Gasteiger partial charge is 0.410 e. The van der Waals surface area contributed by atoms with Gasteiger partial charge >= 0.3 is 6.09 Å². The van der Waals surface area contributed by atoms with E-state index in [1.54, 1.807) is 27.9 Å². The second-order valence-electron chi connectivity index (χ2n) is 14.6. The fraction of sp³-hybridized carbons (Fsp3) is 0.341. The largest absolute Gasteiger partial charge is 0.491 e. The van der Waals surface area contributed by atoms with Gasteiger partial charge in [-0.05, 0) is 94.0 Å². The minimum absolute atomic E-state index is 0.214. The monoisotopic (exact) mass is 716 g/mol. The van der Waals surface area contributed by atoms with Crippen molar-refractivity contribution in [3.63, 3.8) is 0 Å². The number of rotatable bonds is 13. The predicted octanol–water partition coefficient (Wildman–Crippen LogP) is 9.16. The molecule has 1 fully saturated rings. The van der Waals surface area contributed by atoms with Crippen molar-refractivity contribution in [3.8, 4) is 22.7 Å². The van der Waals surface area contributed by atoms with Gasteiger partial charge in [-0.2, -0.15) is 5.10 Å². The zero-order valence-corrected chi connectivity index (χ0v) is 30.9. The van der Waals surface area contributed by atoms with Crippen LogP contribution in [-0.2, 0) is 17.6 Å². The highest BCUT2D eigenvalue weighted by atomic mass is 19.1. The standard InChI is InChI=1S/C44H49FN4O4/c1-44(2,3)53-43(51)47-27-28-48(37(32-47)30-34-19-11-7-12-20-34)42(50)38-31-46-49(41(38)35-23-25-36(45)26-24-35)39-21-13-14-22-40(39)52-29-15-5-4-8-16-33-17-9-6-10-18-33/h6-7,9-14,17-26,31,37H,4-5,8,15-16,27-30,32H2,1-3H3. The molecule has 1 saturated heterocycles. The molecule has 9 heteroatoms. The molecular formula is C44H49FN4O4. The number of hydrogen-bond donors (Lipinski definition) is 0. The molecule has 1 aliphatic heterocycles. The molecule has 4 aromatic carbocycles. The molecule has 0 spiro atoms. The molecule has 1 atom stereocenters. The Balaban J connectivity index is 1.24. The number of carbonyl (C=O) groups is 2. The van der Waals surface area contributed by atoms with Crippen molar-refractivity contribution in [1.29, 1.82) is 0 Å². The van der Waals surface area contributed by atoms with Crippen molar-refractivity contribution in [2.24, 2.45) is 0 Å². The first kappa shape index (κ1) is 37.3. The molecule has 1 unspecified atom stereocenters. The van der Waals surface area contributed by atoms with Crippen molar-refractivity contribution in [3.05, 3.63) is 138 Å². The molecule has 0 N–H and O–H groups in total. The van der Waals surface area contributed by atoms with Gasteiger partial charge in [0.05, 0.1) is 30.1 Å². The summed E-state index contributed by atoms with van der Waals surface area (Å²) in [6.45, 7) is 7.04. The Hall–Kier alpha value is -5.44. The van der Waals surface area contributed by atoms with Crippen LogP contribution in [0.5, 0.6) is 5.75 Å². The number of halogens is 1. The van der Waals surface area contributed by atoms with Gasteiger partial charge in [0, 0.05) is 25.2 Å². The number of piperazine rings is 1. The molecule has 1 aromatic heterocycles. The highest BCUT2D eigenvalue weighted by Crippen LogP contribution is 2.33. The Morgan fingerprint density at radius 2 is 1.45 bits per heavy atom. The van der Waals surface area contributed by atoms with Gasteiger partial charge in [-0.1, -0.05) is 85.6 Å². The summed E-state index contributed by atoms with van der Waals surface area (Å²) in [6, 6.07) is 34.0. The number of ether oxygens (including phenoxy) is 2. The summed E-state index contributed by atoms with van der Waals surface area (Å²) in [5.74, 6) is 0.0609. The number of amides is 2. The van der Waals surface area contributed by atoms with Crippen LogP contribution in [0, 0.1) is 5.82 Å². The lowest BCUT2D eigenvalue weighted by Crippen LogP contribution is -2.57. The Morgan fingerprint density at radius 3 is 2.17 bits per heavy atom. The van der Waals surface area contributed by atoms with Gasteiger partial charge in [0.2, 0.25) is 0 Å². The molecule has 0 saturated carbocycles. The highest BCUT2D eigenvalue weighted by Gasteiger charge is 2.36. The van der Waals surface area contributed by atoms with Crippen molar-refractivity contribution in [2.45, 2.75) is 70.9 Å². The summed E-state index contributed by atoms with van der Waals surface area (Å²) in [5.41, 5.74) is 4.03. The minimum atomic E-state index is -0.639. The van der Waals surface area contributed by atoms with Crippen LogP contribution >= 0.6 is 0 Å². The van der Waals surface area contributed by atoms with Gasteiger partial charge in [0.1, 0.15) is 22.9 Å². The highest BCUT2D eigenvalue weighted by molar-refractivity contribution is 6.00. The van der Waals surface area contributed by atoms with Crippen molar-refractivity contribution in [2.75, 3.05) is 26.2 Å². The van der Waals surface area contributed by atoms with Crippen LogP contribution in [0.1, 0.15) is 67.9 Å². The summed E-state index contributed by atoms with van der Waals surface area (Å²) in [5, 5.41) is 4.76. The number of carbonyl (C=O) groups excluding carboxylic acids is 2. The van der Waals surface area contributed by atoms with Crippen LogP contribution in [0.3, 0.4) is 0 Å². The Kier molecular flexibility index (Phi) is 12.2. The van der Waals surface area contributed by atoms with E-state index in [1.165, 1.54) is 17.7 Å². The lowest BCUT2D eigenvalue weighted by Gasteiger charge is -2.41. The molecule has 276 valence electrons. The summed E-state index contributed by atoms with van der Waals surface area (Å²) < 4.78 is 28.0. The molecule has 0 aliphatic carbocycles. The maximum atomic E-state index is 14.7. The zero-order valence-electron chi connectivity index (χ0n) is 30.9. The summed E-state index contributed by atoms with van der Waals surface area (Å²) in [7, 11) is 0. The van der Waals surface area contributed by atoms with Crippen molar-refractivity contribution < 1.29 is 23.5 Å². The lowest BCUT2D eigenvalue weighted by atomic mass is 10.00. The van der Waals surface area contributed by atoms with Crippen LogP contribution in [-0.4, -0.2) is 69.5 Å². The van der Waals surface area contributed by atoms with Crippen LogP contribution in [0.2, 0.25) is 0 Å². The predicted molar refractivity (Wildman–Crippen MR) is 206 cm³/mol. The van der Waals surface area contributed by atoms with Crippen LogP contribution in [0.15, 0.2) is 115 Å². The summed E-state index contributed by atoms with van der Waals surface area (Å²) in [6.07, 6.45) is 7.04. The second-order valence-corrected chi connectivity index (χ2v) is 14.6. The normalized spacial score (nSPS) is 14.6. The number of unbranched alkanes of at least 4 members (excludes halogenated alkanes) is 3. The van der Waals surface area contributed by atoms with E-state index >= 15 is 0 Å². The van der Waals surface area contributed by atoms with E-state index in [2.05, 4.69) is 24.3 Å². The minimum Gasteiger partial charge on any atom is -0.491 e. The zero-order chi connectivity index (χ0) is 37.2. The van der Waals surface area contributed by atoms with Gasteiger partial charge in [-0.25, -0.2) is 13.9 Å². The van der Waals surface area contributed by atoms with E-state index in [0.29, 0.717) is 60.9 Å². The van der Waals surface area contributed by atoms with Gasteiger partial charge in [-0.3, -0.25) is 4.79 Å². The molecule has 2 amide bonds. The molecular weight excluding hydrogens is 668 g/mol. The quantitative estimate of drug-likeness (QED) is 0.114. The molecule has 53 heavy (non-hydrogen) atoms. The number of para-hydroxylation sites is 2. The average Bonchev–Trinajstić information content (AvgIpc) is 3.60. The first-order valence-electron chi connectivity index (χ1n) is 18.6. The van der Waals surface area contributed by atoms with Gasteiger partial charge in [-0.15, -0.1) is 0 Å². The van der Waals surface area contributed by atoms with Gasteiger partial charge < -0.3 is 19.3 Å². The average molecular weight is 717 g/mol. The van der Waals surface area contributed by atoms with E-state index in [0.717, 1.165) is 37.7 Å². The number of nitrogens with zero attached hydrogens (tertiary/aromatic N) is 4. The van der Waals surface area contributed by atoms with Gasteiger partial charge in [0.15, 0.2) is 0 Å². The first-order chi connectivity index (χ1) is 25.7. The lowest BCUT2D eigenvalue weighted by molar-refractivity contribution is 0.00439. The maximum absolute atomic E-state index is 14.7. The second kappa shape index (κ2) is 17.4. The van der Waals surface area contributed by atoms with Gasteiger partial charge in [0.25, 0.3) is 5.91 Å². The third-order valence-corrected chi connectivity index (χ3v) is 9.38. The van der Waals surface area contributed by atoms with Crippen LogP contribution in [0.4, 0.5) is 9.18 Å². The molecule has 0 radical (unpaired) electrons. The first-order valence-corrected chi connectivity index (χ1v) is 18.6. The van der Waals surface area contributed by atoms with Crippen LogP contribution in [0.25, 0.3) is 16.9 Å². The van der Waals surface area contributed by atoms with Crippen LogP contribution < -0.4 is 4.74 Å². The molecule has 0 bridgehead atoms. The Morgan fingerprint density at radius 1 is 0.792 bits per heavy atom. The van der Waals surface area contributed by atoms with Crippen molar-refractivity contribution >= 4 is 12.0 Å². The number of benzene rings is 4. The molecule has 5 aromatic rings. The summed E-state index contributed by atoms with van der Waals surface area (Å²) >= 11 is 0. The third kappa shape index (κ3) is 9.92. The Bertz CT molecular complexity index is 1940. The molecule has 8 nitrogen and oxygen atoms in total. The fourth-order valence-corrected chi connectivity index (χ4v) is 6.77.